The van der Waals surface area contributed by atoms with Crippen molar-refractivity contribution >= 4 is 0 Å². The highest BCUT2D eigenvalue weighted by molar-refractivity contribution is 5.47. The summed E-state index contributed by atoms with van der Waals surface area (Å²) in [6.07, 6.45) is 1.79. The Morgan fingerprint density at radius 3 is 2.59 bits per heavy atom. The molecule has 1 aromatic rings. The lowest BCUT2D eigenvalue weighted by Gasteiger charge is -2.16. The molecule has 0 fully saturated rings. The van der Waals surface area contributed by atoms with E-state index in [9.17, 15) is 0 Å². The van der Waals surface area contributed by atoms with Gasteiger partial charge in [-0.3, -0.25) is 0 Å². The Balaban J connectivity index is 2.96. The van der Waals surface area contributed by atoms with Crippen molar-refractivity contribution in [3.63, 3.8) is 0 Å². The number of ether oxygens (including phenoxy) is 2. The number of hydrogen-bond acceptors (Lipinski definition) is 3. The van der Waals surface area contributed by atoms with Gasteiger partial charge in [-0.05, 0) is 38.3 Å². The minimum absolute atomic E-state index is 0.121. The Bertz CT molecular complexity index is 337. The minimum atomic E-state index is 0.121. The molecule has 0 spiro atoms. The van der Waals surface area contributed by atoms with Crippen molar-refractivity contribution in [3.05, 3.63) is 23.8 Å². The molecule has 0 saturated heterocycles. The van der Waals surface area contributed by atoms with Crippen LogP contribution >= 0.6 is 0 Å². The first kappa shape index (κ1) is 13.8. The summed E-state index contributed by atoms with van der Waals surface area (Å²) in [5.41, 5.74) is 6.97. The highest BCUT2D eigenvalue weighted by Gasteiger charge is 2.11. The van der Waals surface area contributed by atoms with Crippen LogP contribution in [0.4, 0.5) is 0 Å². The predicted octanol–water partition coefficient (Wildman–Crippen LogP) is 2.76. The monoisotopic (exact) mass is 237 g/mol. The van der Waals surface area contributed by atoms with Gasteiger partial charge in [0.2, 0.25) is 0 Å². The van der Waals surface area contributed by atoms with Crippen LogP contribution in [0.5, 0.6) is 11.5 Å². The van der Waals surface area contributed by atoms with Gasteiger partial charge in [-0.25, -0.2) is 0 Å². The molecule has 0 radical (unpaired) electrons. The maximum Gasteiger partial charge on any atom is 0.164 e. The first-order valence-corrected chi connectivity index (χ1v) is 6.32. The van der Waals surface area contributed by atoms with Gasteiger partial charge in [0.15, 0.2) is 11.5 Å². The molecular formula is C14H23NO2. The first-order valence-electron chi connectivity index (χ1n) is 6.32. The topological polar surface area (TPSA) is 44.5 Å². The summed E-state index contributed by atoms with van der Waals surface area (Å²) in [5, 5.41) is 0. The molecule has 0 aliphatic heterocycles. The van der Waals surface area contributed by atoms with Gasteiger partial charge in [-0.15, -0.1) is 0 Å². The van der Waals surface area contributed by atoms with Crippen molar-refractivity contribution < 1.29 is 9.47 Å². The van der Waals surface area contributed by atoms with Crippen LogP contribution in [0.3, 0.4) is 0 Å². The second-order valence-electron chi connectivity index (χ2n) is 4.21. The molecular weight excluding hydrogens is 214 g/mol. The Kier molecular flexibility index (Phi) is 5.84. The van der Waals surface area contributed by atoms with Gasteiger partial charge in [0.25, 0.3) is 0 Å². The molecule has 0 saturated carbocycles. The lowest BCUT2D eigenvalue weighted by atomic mass is 10.1. The predicted molar refractivity (Wildman–Crippen MR) is 70.8 cm³/mol. The van der Waals surface area contributed by atoms with Crippen molar-refractivity contribution in [1.82, 2.24) is 0 Å². The lowest BCUT2D eigenvalue weighted by molar-refractivity contribution is 0.274. The maximum atomic E-state index is 5.85. The molecule has 0 bridgehead atoms. The molecule has 1 unspecified atom stereocenters. The van der Waals surface area contributed by atoms with Crippen molar-refractivity contribution in [2.45, 2.75) is 39.7 Å². The van der Waals surface area contributed by atoms with E-state index in [0.29, 0.717) is 13.2 Å². The number of para-hydroxylation sites is 1. The Labute approximate surface area is 104 Å². The van der Waals surface area contributed by atoms with Crippen LogP contribution in [-0.2, 0) is 6.42 Å². The first-order chi connectivity index (χ1) is 8.19. The molecule has 0 aromatic heterocycles. The van der Waals surface area contributed by atoms with Gasteiger partial charge in [0, 0.05) is 6.04 Å². The molecule has 96 valence electrons. The smallest absolute Gasteiger partial charge is 0.164 e. The Morgan fingerprint density at radius 1 is 1.24 bits per heavy atom. The standard InChI is InChI=1S/C14H23NO2/c1-4-9-17-14-12(10-11(3)15)7-6-8-13(14)16-5-2/h6-8,11H,4-5,9-10,15H2,1-3H3. The maximum absolute atomic E-state index is 5.85. The fourth-order valence-electron chi connectivity index (χ4n) is 1.71. The van der Waals surface area contributed by atoms with Gasteiger partial charge in [0.05, 0.1) is 13.2 Å². The van der Waals surface area contributed by atoms with E-state index in [0.717, 1.165) is 29.9 Å². The van der Waals surface area contributed by atoms with E-state index in [1.165, 1.54) is 0 Å². The Hall–Kier alpha value is -1.22. The van der Waals surface area contributed by atoms with Crippen molar-refractivity contribution in [3.8, 4) is 11.5 Å². The lowest BCUT2D eigenvalue weighted by Crippen LogP contribution is -2.18. The molecule has 0 amide bonds. The molecule has 0 aliphatic carbocycles. The summed E-state index contributed by atoms with van der Waals surface area (Å²) in [6, 6.07) is 6.10. The summed E-state index contributed by atoms with van der Waals surface area (Å²) in [7, 11) is 0. The SMILES string of the molecule is CCCOc1c(CC(C)N)cccc1OCC. The number of benzene rings is 1. The summed E-state index contributed by atoms with van der Waals surface area (Å²) >= 11 is 0. The van der Waals surface area contributed by atoms with Crippen LogP contribution in [0.25, 0.3) is 0 Å². The van der Waals surface area contributed by atoms with Crippen molar-refractivity contribution in [2.75, 3.05) is 13.2 Å². The zero-order chi connectivity index (χ0) is 12.7. The quantitative estimate of drug-likeness (QED) is 0.793. The highest BCUT2D eigenvalue weighted by Crippen LogP contribution is 2.32. The van der Waals surface area contributed by atoms with Crippen molar-refractivity contribution in [2.24, 2.45) is 5.73 Å². The fourth-order valence-corrected chi connectivity index (χ4v) is 1.71. The molecule has 2 N–H and O–H groups in total. The van der Waals surface area contributed by atoms with E-state index in [1.54, 1.807) is 0 Å². The van der Waals surface area contributed by atoms with Gasteiger partial charge in [-0.1, -0.05) is 19.1 Å². The zero-order valence-electron chi connectivity index (χ0n) is 11.0. The number of nitrogens with two attached hydrogens (primary N) is 1. The van der Waals surface area contributed by atoms with Crippen LogP contribution in [0.15, 0.2) is 18.2 Å². The van der Waals surface area contributed by atoms with E-state index in [4.69, 9.17) is 15.2 Å². The van der Waals surface area contributed by atoms with Crippen LogP contribution in [0.2, 0.25) is 0 Å². The summed E-state index contributed by atoms with van der Waals surface area (Å²) in [5.74, 6) is 1.67. The summed E-state index contributed by atoms with van der Waals surface area (Å²) in [4.78, 5) is 0. The number of rotatable bonds is 7. The van der Waals surface area contributed by atoms with Crippen LogP contribution in [-0.4, -0.2) is 19.3 Å². The third-order valence-electron chi connectivity index (χ3n) is 2.35. The second kappa shape index (κ2) is 7.17. The van der Waals surface area contributed by atoms with E-state index in [1.807, 2.05) is 26.0 Å². The van der Waals surface area contributed by atoms with E-state index < -0.39 is 0 Å². The van der Waals surface area contributed by atoms with E-state index in [-0.39, 0.29) is 6.04 Å². The van der Waals surface area contributed by atoms with Gasteiger partial charge >= 0.3 is 0 Å². The fraction of sp³-hybridized carbons (Fsp3) is 0.571. The van der Waals surface area contributed by atoms with Crippen LogP contribution in [0.1, 0.15) is 32.8 Å². The van der Waals surface area contributed by atoms with Gasteiger partial charge < -0.3 is 15.2 Å². The molecule has 0 aliphatic rings. The molecule has 1 rings (SSSR count). The highest BCUT2D eigenvalue weighted by atomic mass is 16.5. The zero-order valence-corrected chi connectivity index (χ0v) is 11.0. The molecule has 3 heteroatoms. The average Bonchev–Trinajstić information content (AvgIpc) is 2.28. The molecule has 0 heterocycles. The molecule has 3 nitrogen and oxygen atoms in total. The number of hydrogen-bond donors (Lipinski definition) is 1. The normalized spacial score (nSPS) is 12.2. The second-order valence-corrected chi connectivity index (χ2v) is 4.21. The third-order valence-corrected chi connectivity index (χ3v) is 2.35. The van der Waals surface area contributed by atoms with Crippen LogP contribution < -0.4 is 15.2 Å². The molecule has 17 heavy (non-hydrogen) atoms. The van der Waals surface area contributed by atoms with Gasteiger partial charge in [-0.2, -0.15) is 0 Å². The average molecular weight is 237 g/mol. The van der Waals surface area contributed by atoms with Gasteiger partial charge in [0.1, 0.15) is 0 Å². The summed E-state index contributed by atoms with van der Waals surface area (Å²) in [6.45, 7) is 7.41. The minimum Gasteiger partial charge on any atom is -0.490 e. The van der Waals surface area contributed by atoms with Crippen molar-refractivity contribution in [1.29, 1.82) is 0 Å². The largest absolute Gasteiger partial charge is 0.490 e. The van der Waals surface area contributed by atoms with Crippen LogP contribution in [0, 0.1) is 0 Å². The van der Waals surface area contributed by atoms with E-state index >= 15 is 0 Å². The molecule has 1 atom stereocenters. The van der Waals surface area contributed by atoms with E-state index in [2.05, 4.69) is 13.0 Å². The molecule has 1 aromatic carbocycles. The Morgan fingerprint density at radius 2 is 2.00 bits per heavy atom. The summed E-state index contributed by atoms with van der Waals surface area (Å²) < 4.78 is 11.4. The third kappa shape index (κ3) is 4.27.